The quantitative estimate of drug-likeness (QED) is 0.264. The Labute approximate surface area is 124 Å². The number of carbonyl (C=O) groups excluding carboxylic acids is 1. The standard InChI is InChI=1S/C15H5F7O/c16-8-3-1-6(5-9(8)17)10(23)4-2-7-11(18)13(20)15(22)14(21)12(7)19/h1-5H/b4-2+. The van der Waals surface area contributed by atoms with Gasteiger partial charge in [0.05, 0.1) is 5.56 Å². The molecule has 0 unspecified atom stereocenters. The van der Waals surface area contributed by atoms with Gasteiger partial charge in [0.2, 0.25) is 5.82 Å². The van der Waals surface area contributed by atoms with E-state index in [9.17, 15) is 35.5 Å². The Morgan fingerprint density at radius 3 is 1.78 bits per heavy atom. The monoisotopic (exact) mass is 334 g/mol. The predicted octanol–water partition coefficient (Wildman–Crippen LogP) is 4.56. The van der Waals surface area contributed by atoms with Crippen molar-refractivity contribution in [2.45, 2.75) is 0 Å². The minimum absolute atomic E-state index is 0.361. The van der Waals surface area contributed by atoms with Crippen LogP contribution in [0.3, 0.4) is 0 Å². The highest BCUT2D eigenvalue weighted by Crippen LogP contribution is 2.24. The highest BCUT2D eigenvalue weighted by molar-refractivity contribution is 6.06. The molecule has 0 N–H and O–H groups in total. The highest BCUT2D eigenvalue weighted by Gasteiger charge is 2.24. The number of halogens is 7. The van der Waals surface area contributed by atoms with Gasteiger partial charge in [-0.2, -0.15) is 0 Å². The lowest BCUT2D eigenvalue weighted by Crippen LogP contribution is -2.04. The number of hydrogen-bond acceptors (Lipinski definition) is 1. The van der Waals surface area contributed by atoms with Crippen LogP contribution in [0.15, 0.2) is 24.3 Å². The summed E-state index contributed by atoms with van der Waals surface area (Å²) in [7, 11) is 0. The van der Waals surface area contributed by atoms with E-state index in [4.69, 9.17) is 0 Å². The molecular formula is C15H5F7O. The highest BCUT2D eigenvalue weighted by atomic mass is 19.2. The average molecular weight is 334 g/mol. The van der Waals surface area contributed by atoms with Crippen molar-refractivity contribution < 1.29 is 35.5 Å². The molecule has 8 heteroatoms. The Kier molecular flexibility index (Phi) is 4.53. The fourth-order valence-corrected chi connectivity index (χ4v) is 1.67. The Bertz CT molecular complexity index is 798. The lowest BCUT2D eigenvalue weighted by molar-refractivity contribution is 0.104. The molecule has 2 rings (SSSR count). The van der Waals surface area contributed by atoms with E-state index in [-0.39, 0.29) is 5.56 Å². The second-order valence-electron chi connectivity index (χ2n) is 4.31. The maximum absolute atomic E-state index is 13.4. The minimum Gasteiger partial charge on any atom is -0.289 e. The molecule has 0 aliphatic heterocycles. The number of carbonyl (C=O) groups is 1. The molecule has 0 atom stereocenters. The van der Waals surface area contributed by atoms with Gasteiger partial charge < -0.3 is 0 Å². The van der Waals surface area contributed by atoms with Gasteiger partial charge in [0.15, 0.2) is 40.7 Å². The van der Waals surface area contributed by atoms with Gasteiger partial charge in [-0.05, 0) is 30.4 Å². The van der Waals surface area contributed by atoms with Gasteiger partial charge in [-0.1, -0.05) is 0 Å². The maximum atomic E-state index is 13.4. The van der Waals surface area contributed by atoms with Crippen LogP contribution in [0.25, 0.3) is 6.08 Å². The van der Waals surface area contributed by atoms with E-state index in [1.54, 1.807) is 0 Å². The van der Waals surface area contributed by atoms with Crippen LogP contribution in [0.1, 0.15) is 15.9 Å². The van der Waals surface area contributed by atoms with Gasteiger partial charge in [0.1, 0.15) is 0 Å². The molecule has 0 saturated carbocycles. The van der Waals surface area contributed by atoms with Crippen molar-refractivity contribution in [3.63, 3.8) is 0 Å². The minimum atomic E-state index is -2.33. The molecule has 0 radical (unpaired) electrons. The fraction of sp³-hybridized carbons (Fsp3) is 0. The van der Waals surface area contributed by atoms with Gasteiger partial charge in [-0.15, -0.1) is 0 Å². The summed E-state index contributed by atoms with van der Waals surface area (Å²) in [6.45, 7) is 0. The second kappa shape index (κ2) is 6.23. The summed E-state index contributed by atoms with van der Waals surface area (Å²) >= 11 is 0. The van der Waals surface area contributed by atoms with Gasteiger partial charge >= 0.3 is 0 Å². The summed E-state index contributed by atoms with van der Waals surface area (Å²) in [5.41, 5.74) is -1.69. The van der Waals surface area contributed by atoms with E-state index in [1.807, 2.05) is 0 Å². The number of rotatable bonds is 3. The molecule has 0 bridgehead atoms. The summed E-state index contributed by atoms with van der Waals surface area (Å²) < 4.78 is 91.3. The lowest BCUT2D eigenvalue weighted by atomic mass is 10.1. The van der Waals surface area contributed by atoms with E-state index in [0.717, 1.165) is 6.07 Å². The molecular weight excluding hydrogens is 329 g/mol. The molecule has 0 aliphatic carbocycles. The van der Waals surface area contributed by atoms with Crippen LogP contribution in [0.4, 0.5) is 30.7 Å². The molecule has 0 saturated heterocycles. The lowest BCUT2D eigenvalue weighted by Gasteiger charge is -2.04. The van der Waals surface area contributed by atoms with Crippen molar-refractivity contribution in [2.24, 2.45) is 0 Å². The van der Waals surface area contributed by atoms with Crippen LogP contribution in [-0.2, 0) is 0 Å². The van der Waals surface area contributed by atoms with Crippen molar-refractivity contribution in [2.75, 3.05) is 0 Å². The molecule has 2 aromatic rings. The topological polar surface area (TPSA) is 17.1 Å². The first-order valence-corrected chi connectivity index (χ1v) is 5.93. The van der Waals surface area contributed by atoms with Crippen LogP contribution in [0.5, 0.6) is 0 Å². The zero-order chi connectivity index (χ0) is 17.3. The average Bonchev–Trinajstić information content (AvgIpc) is 2.53. The van der Waals surface area contributed by atoms with Crippen LogP contribution in [0, 0.1) is 40.7 Å². The molecule has 1 nitrogen and oxygen atoms in total. The van der Waals surface area contributed by atoms with Crippen LogP contribution in [-0.4, -0.2) is 5.78 Å². The first-order chi connectivity index (χ1) is 10.7. The third-order valence-electron chi connectivity index (χ3n) is 2.85. The molecule has 120 valence electrons. The fourth-order valence-electron chi connectivity index (χ4n) is 1.67. The maximum Gasteiger partial charge on any atom is 0.200 e. The normalized spacial score (nSPS) is 11.3. The summed E-state index contributed by atoms with van der Waals surface area (Å²) in [6, 6.07) is 2.07. The Morgan fingerprint density at radius 2 is 1.26 bits per heavy atom. The number of benzene rings is 2. The van der Waals surface area contributed by atoms with E-state index < -0.39 is 52.1 Å². The first-order valence-electron chi connectivity index (χ1n) is 5.93. The summed E-state index contributed by atoms with van der Waals surface area (Å²) in [5.74, 6) is -14.5. The van der Waals surface area contributed by atoms with E-state index >= 15 is 0 Å². The largest absolute Gasteiger partial charge is 0.289 e. The summed E-state index contributed by atoms with van der Waals surface area (Å²) in [6.07, 6.45) is 0.838. The van der Waals surface area contributed by atoms with Crippen molar-refractivity contribution in [1.82, 2.24) is 0 Å². The smallest absolute Gasteiger partial charge is 0.200 e. The Balaban J connectivity index is 2.40. The zero-order valence-corrected chi connectivity index (χ0v) is 10.9. The van der Waals surface area contributed by atoms with E-state index in [0.29, 0.717) is 24.3 Å². The number of hydrogen-bond donors (Lipinski definition) is 0. The molecule has 0 aromatic heterocycles. The molecule has 0 heterocycles. The molecule has 0 amide bonds. The van der Waals surface area contributed by atoms with E-state index in [1.165, 1.54) is 0 Å². The first kappa shape index (κ1) is 16.7. The van der Waals surface area contributed by atoms with Gasteiger partial charge in [0, 0.05) is 5.56 Å². The SMILES string of the molecule is O=C(/C=C/c1c(F)c(F)c(F)c(F)c1F)c1ccc(F)c(F)c1. The van der Waals surface area contributed by atoms with Crippen molar-refractivity contribution in [1.29, 1.82) is 0 Å². The Morgan fingerprint density at radius 1 is 0.739 bits per heavy atom. The van der Waals surface area contributed by atoms with Crippen LogP contribution < -0.4 is 0 Å². The van der Waals surface area contributed by atoms with Gasteiger partial charge in [0.25, 0.3) is 0 Å². The Hall–Kier alpha value is -2.64. The third kappa shape index (κ3) is 3.10. The molecule has 2 aromatic carbocycles. The number of allylic oxidation sites excluding steroid dienone is 1. The molecule has 0 spiro atoms. The predicted molar refractivity (Wildman–Crippen MR) is 66.0 cm³/mol. The second-order valence-corrected chi connectivity index (χ2v) is 4.31. The molecule has 23 heavy (non-hydrogen) atoms. The van der Waals surface area contributed by atoms with Crippen molar-refractivity contribution in [3.8, 4) is 0 Å². The van der Waals surface area contributed by atoms with Crippen LogP contribution >= 0.6 is 0 Å². The van der Waals surface area contributed by atoms with Crippen molar-refractivity contribution in [3.05, 3.63) is 76.1 Å². The summed E-state index contributed by atoms with van der Waals surface area (Å²) in [5, 5.41) is 0. The van der Waals surface area contributed by atoms with Crippen molar-refractivity contribution >= 4 is 11.9 Å². The molecule has 0 aliphatic rings. The van der Waals surface area contributed by atoms with Gasteiger partial charge in [-0.3, -0.25) is 4.79 Å². The van der Waals surface area contributed by atoms with Crippen LogP contribution in [0.2, 0.25) is 0 Å². The van der Waals surface area contributed by atoms with Gasteiger partial charge in [-0.25, -0.2) is 30.7 Å². The zero-order valence-electron chi connectivity index (χ0n) is 10.9. The summed E-state index contributed by atoms with van der Waals surface area (Å²) in [4.78, 5) is 11.7. The van der Waals surface area contributed by atoms with E-state index in [2.05, 4.69) is 0 Å². The molecule has 0 fully saturated rings. The third-order valence-corrected chi connectivity index (χ3v) is 2.85. The number of ketones is 1.